The van der Waals surface area contributed by atoms with Crippen molar-refractivity contribution in [2.45, 2.75) is 19.8 Å². The van der Waals surface area contributed by atoms with Gasteiger partial charge in [-0.1, -0.05) is 0 Å². The number of fused-ring (bicyclic) bond motifs is 1. The average molecular weight is 486 g/mol. The van der Waals surface area contributed by atoms with Crippen LogP contribution in [0, 0.1) is 18.7 Å². The fourth-order valence-electron chi connectivity index (χ4n) is 4.61. The van der Waals surface area contributed by atoms with Gasteiger partial charge < -0.3 is 10.6 Å². The van der Waals surface area contributed by atoms with Crippen molar-refractivity contribution < 1.29 is 14.0 Å². The lowest BCUT2D eigenvalue weighted by molar-refractivity contribution is 0.0899. The number of nitrogens with zero attached hydrogens (tertiary/aromatic N) is 4. The zero-order valence-electron chi connectivity index (χ0n) is 19.6. The molecule has 1 aliphatic heterocycles. The van der Waals surface area contributed by atoms with Crippen LogP contribution in [0.25, 0.3) is 16.7 Å². The number of halogens is 1. The lowest BCUT2D eigenvalue weighted by atomic mass is 9.89. The van der Waals surface area contributed by atoms with Gasteiger partial charge in [0.25, 0.3) is 5.56 Å². The van der Waals surface area contributed by atoms with Crippen LogP contribution in [0.5, 0.6) is 0 Å². The lowest BCUT2D eigenvalue weighted by Crippen LogP contribution is -2.37. The molecular weight excluding hydrogens is 461 g/mol. The van der Waals surface area contributed by atoms with E-state index in [4.69, 9.17) is 10.7 Å². The quantitative estimate of drug-likeness (QED) is 0.434. The summed E-state index contributed by atoms with van der Waals surface area (Å²) in [5.41, 5.74) is 7.68. The molecule has 5 rings (SSSR count). The van der Waals surface area contributed by atoms with Crippen molar-refractivity contribution in [3.8, 4) is 5.69 Å². The fraction of sp³-hybridized carbons (Fsp3) is 0.222. The molecule has 2 N–H and O–H groups in total. The van der Waals surface area contributed by atoms with Gasteiger partial charge in [0.15, 0.2) is 11.4 Å². The second-order valence-corrected chi connectivity index (χ2v) is 8.90. The van der Waals surface area contributed by atoms with Crippen LogP contribution < -0.4 is 16.2 Å². The zero-order chi connectivity index (χ0) is 25.4. The van der Waals surface area contributed by atoms with Crippen LogP contribution in [0.2, 0.25) is 0 Å². The number of carbonyl (C=O) groups is 2. The minimum absolute atomic E-state index is 0.0125. The molecule has 3 heterocycles. The van der Waals surface area contributed by atoms with Gasteiger partial charge in [0, 0.05) is 41.6 Å². The molecule has 36 heavy (non-hydrogen) atoms. The molecule has 4 aromatic rings. The third-order valence-corrected chi connectivity index (χ3v) is 6.62. The summed E-state index contributed by atoms with van der Waals surface area (Å²) in [5, 5.41) is 0.735. The molecule has 1 aliphatic rings. The number of carbonyl (C=O) groups excluding carboxylic acids is 2. The Kier molecular flexibility index (Phi) is 6.05. The number of anilines is 1. The van der Waals surface area contributed by atoms with E-state index in [1.54, 1.807) is 30.3 Å². The van der Waals surface area contributed by atoms with E-state index >= 15 is 0 Å². The molecule has 0 atom stereocenters. The number of amides is 1. The van der Waals surface area contributed by atoms with Gasteiger partial charge in [-0.25, -0.2) is 9.37 Å². The highest BCUT2D eigenvalue weighted by Crippen LogP contribution is 2.26. The number of hydrogen-bond acceptors (Lipinski definition) is 6. The van der Waals surface area contributed by atoms with Gasteiger partial charge in [0.1, 0.15) is 5.82 Å². The van der Waals surface area contributed by atoms with Crippen LogP contribution in [0.15, 0.2) is 65.5 Å². The molecule has 0 bridgehead atoms. The molecule has 0 radical (unpaired) electrons. The Bertz CT molecular complexity index is 1520. The fourth-order valence-corrected chi connectivity index (χ4v) is 4.61. The first kappa shape index (κ1) is 23.3. The molecule has 0 saturated carbocycles. The Morgan fingerprint density at radius 2 is 1.56 bits per heavy atom. The molecule has 2 aromatic heterocycles. The summed E-state index contributed by atoms with van der Waals surface area (Å²) in [5.74, 6) is -0.574. The first-order valence-electron chi connectivity index (χ1n) is 11.7. The van der Waals surface area contributed by atoms with E-state index in [9.17, 15) is 18.8 Å². The monoisotopic (exact) mass is 485 g/mol. The maximum absolute atomic E-state index is 13.2. The van der Waals surface area contributed by atoms with Gasteiger partial charge in [0.2, 0.25) is 11.9 Å². The van der Waals surface area contributed by atoms with Gasteiger partial charge in [-0.15, -0.1) is 0 Å². The van der Waals surface area contributed by atoms with Crippen molar-refractivity contribution in [1.29, 1.82) is 0 Å². The average Bonchev–Trinajstić information content (AvgIpc) is 2.88. The second kappa shape index (κ2) is 9.33. The minimum atomic E-state index is -0.548. The van der Waals surface area contributed by atoms with E-state index < -0.39 is 5.91 Å². The molecule has 8 nitrogen and oxygen atoms in total. The molecule has 1 fully saturated rings. The van der Waals surface area contributed by atoms with Crippen molar-refractivity contribution in [3.63, 3.8) is 0 Å². The molecule has 1 saturated heterocycles. The number of aryl methyl sites for hydroxylation is 1. The highest BCUT2D eigenvalue weighted by molar-refractivity contribution is 5.98. The smallest absolute Gasteiger partial charge is 0.256 e. The molecule has 182 valence electrons. The van der Waals surface area contributed by atoms with E-state index in [1.807, 2.05) is 11.8 Å². The second-order valence-electron chi connectivity index (χ2n) is 8.90. The summed E-state index contributed by atoms with van der Waals surface area (Å²) in [6.07, 6.45) is 1.24. The van der Waals surface area contributed by atoms with Gasteiger partial charge in [-0.05, 0) is 74.4 Å². The number of pyridine rings is 1. The molecule has 9 heteroatoms. The van der Waals surface area contributed by atoms with E-state index in [0.717, 1.165) is 11.1 Å². The van der Waals surface area contributed by atoms with Crippen LogP contribution in [0.3, 0.4) is 0 Å². The predicted octanol–water partition coefficient (Wildman–Crippen LogP) is 3.43. The Morgan fingerprint density at radius 3 is 2.19 bits per heavy atom. The Hall–Kier alpha value is -4.40. The van der Waals surface area contributed by atoms with Gasteiger partial charge >= 0.3 is 0 Å². The number of hydrogen-bond donors (Lipinski definition) is 1. The maximum atomic E-state index is 13.2. The van der Waals surface area contributed by atoms with E-state index in [-0.39, 0.29) is 23.1 Å². The van der Waals surface area contributed by atoms with Crippen LogP contribution in [-0.2, 0) is 0 Å². The highest BCUT2D eigenvalue weighted by Gasteiger charge is 2.27. The van der Waals surface area contributed by atoms with Crippen molar-refractivity contribution in [1.82, 2.24) is 14.5 Å². The van der Waals surface area contributed by atoms with E-state index in [0.29, 0.717) is 54.3 Å². The van der Waals surface area contributed by atoms with Gasteiger partial charge in [-0.2, -0.15) is 4.98 Å². The minimum Gasteiger partial charge on any atom is -0.366 e. The topological polar surface area (TPSA) is 111 Å². The van der Waals surface area contributed by atoms with Crippen LogP contribution in [0.4, 0.5) is 10.3 Å². The Labute approximate surface area is 206 Å². The number of nitrogens with two attached hydrogens (primary N) is 1. The molecular formula is C27H24FN5O3. The van der Waals surface area contributed by atoms with Crippen LogP contribution in [0.1, 0.15) is 39.3 Å². The first-order chi connectivity index (χ1) is 17.3. The van der Waals surface area contributed by atoms with E-state index in [2.05, 4.69) is 4.98 Å². The normalized spacial score (nSPS) is 14.2. The maximum Gasteiger partial charge on any atom is 0.256 e. The SMILES string of the molecule is Cc1nc(N2CCC(C(=O)c3ccc(F)cc3)CC2)nc2c1ccc(=O)n2-c1ccc(C(N)=O)cc1. The molecule has 2 aromatic carbocycles. The summed E-state index contributed by atoms with van der Waals surface area (Å²) in [4.78, 5) is 48.6. The summed E-state index contributed by atoms with van der Waals surface area (Å²) in [6, 6.07) is 15.3. The summed E-state index contributed by atoms with van der Waals surface area (Å²) < 4.78 is 14.7. The predicted molar refractivity (Wildman–Crippen MR) is 134 cm³/mol. The highest BCUT2D eigenvalue weighted by atomic mass is 19.1. The third-order valence-electron chi connectivity index (χ3n) is 6.62. The standard InChI is InChI=1S/C27H24FN5O3/c1-16-22-10-11-23(34)33(21-8-4-19(5-9-21)25(29)36)26(22)31-27(30-16)32-14-12-18(13-15-32)24(35)17-2-6-20(28)7-3-17/h2-11,18H,12-15H2,1H3,(H2,29,36). The Balaban J connectivity index is 1.44. The molecule has 0 aliphatic carbocycles. The number of Topliss-reactive ketones (excluding diaryl/α,β-unsaturated/α-hetero) is 1. The number of piperidine rings is 1. The van der Waals surface area contributed by atoms with Crippen molar-refractivity contribution in [2.24, 2.45) is 11.7 Å². The molecule has 1 amide bonds. The molecule has 0 spiro atoms. The zero-order valence-corrected chi connectivity index (χ0v) is 19.6. The summed E-state index contributed by atoms with van der Waals surface area (Å²) in [6.45, 7) is 3.02. The van der Waals surface area contributed by atoms with Crippen molar-refractivity contribution >= 4 is 28.7 Å². The third kappa shape index (κ3) is 4.35. The number of primary amides is 1. The summed E-state index contributed by atoms with van der Waals surface area (Å²) >= 11 is 0. The van der Waals surface area contributed by atoms with Crippen molar-refractivity contribution in [2.75, 3.05) is 18.0 Å². The summed E-state index contributed by atoms with van der Waals surface area (Å²) in [7, 11) is 0. The van der Waals surface area contributed by atoms with Gasteiger partial charge in [0.05, 0.1) is 11.4 Å². The van der Waals surface area contributed by atoms with Crippen LogP contribution >= 0.6 is 0 Å². The largest absolute Gasteiger partial charge is 0.366 e. The number of ketones is 1. The number of aromatic nitrogens is 3. The number of benzene rings is 2. The van der Waals surface area contributed by atoms with Crippen LogP contribution in [-0.4, -0.2) is 39.3 Å². The first-order valence-corrected chi connectivity index (χ1v) is 11.7. The number of rotatable bonds is 5. The lowest BCUT2D eigenvalue weighted by Gasteiger charge is -2.31. The Morgan fingerprint density at radius 1 is 0.917 bits per heavy atom. The van der Waals surface area contributed by atoms with Gasteiger partial charge in [-0.3, -0.25) is 19.0 Å². The van der Waals surface area contributed by atoms with E-state index in [1.165, 1.54) is 34.9 Å². The van der Waals surface area contributed by atoms with Crippen molar-refractivity contribution in [3.05, 3.63) is 93.7 Å². The molecule has 0 unspecified atom stereocenters.